The van der Waals surface area contributed by atoms with Gasteiger partial charge in [0.2, 0.25) is 0 Å². The van der Waals surface area contributed by atoms with Gasteiger partial charge in [-0.3, -0.25) is 0 Å². The van der Waals surface area contributed by atoms with Crippen molar-refractivity contribution in [2.45, 2.75) is 0 Å². The van der Waals surface area contributed by atoms with Crippen LogP contribution in [0.5, 0.6) is 0 Å². The molecule has 0 aromatic heterocycles. The van der Waals surface area contributed by atoms with Crippen molar-refractivity contribution in [3.63, 3.8) is 0 Å². The molecular weight excluding hydrogens is 360 g/mol. The average Bonchev–Trinajstić information content (AvgIpc) is 2.08. The normalized spacial score (nSPS) is 9.77. The van der Waals surface area contributed by atoms with E-state index in [2.05, 4.69) is 74.8 Å². The summed E-state index contributed by atoms with van der Waals surface area (Å²) in [6.07, 6.45) is 0. The van der Waals surface area contributed by atoms with Gasteiger partial charge in [-0.15, -0.1) is 0 Å². The van der Waals surface area contributed by atoms with E-state index in [1.165, 1.54) is 7.90 Å². The summed E-state index contributed by atoms with van der Waals surface area (Å²) in [5, 5.41) is 0. The Morgan fingerprint density at radius 3 is 2.31 bits per heavy atom. The van der Waals surface area contributed by atoms with Crippen LogP contribution in [0.3, 0.4) is 0 Å². The zero-order chi connectivity index (χ0) is 9.84. The zero-order valence-corrected chi connectivity index (χ0v) is 12.5. The van der Waals surface area contributed by atoms with E-state index in [0.29, 0.717) is 15.0 Å². The van der Waals surface area contributed by atoms with Crippen molar-refractivity contribution in [1.82, 2.24) is 4.90 Å². The Morgan fingerprint density at radius 1 is 1.31 bits per heavy atom. The second kappa shape index (κ2) is 5.33. The van der Waals surface area contributed by atoms with Crippen LogP contribution in [0.2, 0.25) is 0 Å². The van der Waals surface area contributed by atoms with Crippen molar-refractivity contribution < 1.29 is 0 Å². The van der Waals surface area contributed by atoms with Crippen LogP contribution in [0.15, 0.2) is 28.7 Å². The maximum atomic E-state index is 3.42. The van der Waals surface area contributed by atoms with Crippen LogP contribution >= 0.6 is 15.9 Å². The van der Waals surface area contributed by atoms with Crippen molar-refractivity contribution in [2.24, 2.45) is 0 Å². The predicted octanol–water partition coefficient (Wildman–Crippen LogP) is 0.596. The van der Waals surface area contributed by atoms with E-state index in [-0.39, 0.29) is 0 Å². The molecule has 0 fully saturated rings. The second-order valence-corrected chi connectivity index (χ2v) is 7.98. The summed E-state index contributed by atoms with van der Waals surface area (Å²) in [5.41, 5.74) is 0. The molecule has 70 valence electrons. The SMILES string of the molecule is CN(C)C(=[Se])[Se]c1ccc(Br)cc1. The molecule has 0 N–H and O–H groups in total. The van der Waals surface area contributed by atoms with E-state index in [0.717, 1.165) is 4.47 Å². The van der Waals surface area contributed by atoms with Gasteiger partial charge >= 0.3 is 102 Å². The van der Waals surface area contributed by atoms with E-state index in [1.807, 2.05) is 0 Å². The summed E-state index contributed by atoms with van der Waals surface area (Å²) >= 11 is 6.93. The molecule has 4 heteroatoms. The minimum atomic E-state index is 0.407. The molecule has 0 saturated carbocycles. The molecule has 0 aliphatic carbocycles. The van der Waals surface area contributed by atoms with E-state index >= 15 is 0 Å². The minimum absolute atomic E-state index is 0.407. The fraction of sp³-hybridized carbons (Fsp3) is 0.222. The number of hydrogen-bond donors (Lipinski definition) is 0. The molecule has 0 amide bonds. The molecule has 1 aromatic rings. The molecule has 0 aliphatic rings. The van der Waals surface area contributed by atoms with Gasteiger partial charge in [-0.1, -0.05) is 0 Å². The summed E-state index contributed by atoms with van der Waals surface area (Å²) in [4.78, 5) is 2.13. The predicted molar refractivity (Wildman–Crippen MR) is 64.0 cm³/mol. The number of rotatable bonds is 3. The Kier molecular flexibility index (Phi) is 4.71. The van der Waals surface area contributed by atoms with Crippen LogP contribution < -0.4 is 4.46 Å². The van der Waals surface area contributed by atoms with Gasteiger partial charge in [0.25, 0.3) is 0 Å². The first kappa shape index (κ1) is 11.5. The summed E-state index contributed by atoms with van der Waals surface area (Å²) < 4.78 is 3.84. The van der Waals surface area contributed by atoms with Crippen LogP contribution in [0.4, 0.5) is 0 Å². The van der Waals surface area contributed by atoms with Gasteiger partial charge in [-0.25, -0.2) is 0 Å². The third kappa shape index (κ3) is 3.97. The molecule has 0 spiro atoms. The van der Waals surface area contributed by atoms with Crippen molar-refractivity contribution >= 4 is 54.4 Å². The standard InChI is InChI=1S/C9H10BrNSe2/c1-11(2)9(12)13-8-5-3-7(10)4-6-8/h3-6H,1-2H3. The van der Waals surface area contributed by atoms with E-state index in [1.54, 1.807) is 0 Å². The first-order valence-electron chi connectivity index (χ1n) is 3.74. The van der Waals surface area contributed by atoms with E-state index < -0.39 is 0 Å². The van der Waals surface area contributed by atoms with Gasteiger partial charge in [0.05, 0.1) is 0 Å². The van der Waals surface area contributed by atoms with Crippen LogP contribution in [-0.2, 0) is 0 Å². The Balaban J connectivity index is 2.65. The van der Waals surface area contributed by atoms with Gasteiger partial charge in [0.15, 0.2) is 0 Å². The van der Waals surface area contributed by atoms with E-state index in [4.69, 9.17) is 0 Å². The molecule has 0 heterocycles. The van der Waals surface area contributed by atoms with Gasteiger partial charge in [-0.2, -0.15) is 0 Å². The molecule has 0 saturated heterocycles. The molecular formula is C9H10BrNSe2. The van der Waals surface area contributed by atoms with E-state index in [9.17, 15) is 0 Å². The van der Waals surface area contributed by atoms with Gasteiger partial charge < -0.3 is 0 Å². The average molecular weight is 370 g/mol. The molecule has 1 aromatic carbocycles. The third-order valence-corrected chi connectivity index (χ3v) is 5.79. The number of benzene rings is 1. The zero-order valence-electron chi connectivity index (χ0n) is 7.45. The Hall–Kier alpha value is 0.409. The first-order valence-corrected chi connectivity index (χ1v) is 7.10. The molecule has 0 bridgehead atoms. The fourth-order valence-corrected chi connectivity index (χ4v) is 3.39. The molecule has 0 aliphatic heterocycles. The van der Waals surface area contributed by atoms with Gasteiger partial charge in [0, 0.05) is 0 Å². The number of nitrogens with zero attached hydrogens (tertiary/aromatic N) is 1. The van der Waals surface area contributed by atoms with Crippen LogP contribution in [0, 0.1) is 0 Å². The quantitative estimate of drug-likeness (QED) is 0.705. The van der Waals surface area contributed by atoms with Gasteiger partial charge in [-0.05, 0) is 0 Å². The Morgan fingerprint density at radius 2 is 1.85 bits per heavy atom. The third-order valence-electron chi connectivity index (χ3n) is 1.38. The molecule has 13 heavy (non-hydrogen) atoms. The molecule has 1 nitrogen and oxygen atoms in total. The Bertz CT molecular complexity index is 295. The summed E-state index contributed by atoms with van der Waals surface area (Å²) in [6.45, 7) is 0. The second-order valence-electron chi connectivity index (χ2n) is 2.72. The molecule has 0 radical (unpaired) electrons. The molecule has 1 rings (SSSR count). The van der Waals surface area contributed by atoms with Crippen LogP contribution in [0.1, 0.15) is 0 Å². The maximum absolute atomic E-state index is 3.42. The van der Waals surface area contributed by atoms with Crippen molar-refractivity contribution in [3.05, 3.63) is 28.7 Å². The number of halogens is 1. The van der Waals surface area contributed by atoms with Crippen molar-refractivity contribution in [3.8, 4) is 0 Å². The summed E-state index contributed by atoms with van der Waals surface area (Å²) in [6, 6.07) is 8.48. The summed E-state index contributed by atoms with van der Waals surface area (Å²) in [5.74, 6) is 0. The first-order chi connectivity index (χ1) is 6.09. The van der Waals surface area contributed by atoms with Gasteiger partial charge in [0.1, 0.15) is 0 Å². The van der Waals surface area contributed by atoms with Crippen molar-refractivity contribution in [1.29, 1.82) is 0 Å². The molecule has 0 unspecified atom stereocenters. The monoisotopic (exact) mass is 371 g/mol. The fourth-order valence-electron chi connectivity index (χ4n) is 0.695. The number of hydrogen-bond acceptors (Lipinski definition) is 1. The van der Waals surface area contributed by atoms with Crippen LogP contribution in [-0.4, -0.2) is 53.0 Å². The molecule has 0 atom stereocenters. The summed E-state index contributed by atoms with van der Waals surface area (Å²) in [7, 11) is 4.12. The van der Waals surface area contributed by atoms with Crippen LogP contribution in [0.25, 0.3) is 0 Å². The topological polar surface area (TPSA) is 3.24 Å². The Labute approximate surface area is 102 Å². The van der Waals surface area contributed by atoms with Crippen molar-refractivity contribution in [2.75, 3.05) is 14.1 Å².